The molecule has 0 bridgehead atoms. The molecule has 0 aliphatic rings. The van der Waals surface area contributed by atoms with Crippen LogP contribution in [-0.4, -0.2) is 57.1 Å². The fourth-order valence-corrected chi connectivity index (χ4v) is 3.12. The molecule has 1 aromatic rings. The van der Waals surface area contributed by atoms with Crippen LogP contribution < -0.4 is 0 Å². The molecule has 0 aromatic heterocycles. The molecule has 0 saturated heterocycles. The standard InChI is InChI=1S/C15H26N2O2S/c1-4-20(18,19)17(14-13-16(2)3)12-8-11-15-9-6-5-7-10-15/h5-7,9-10H,4,8,11-14H2,1-3H3. The SMILES string of the molecule is CCS(=O)(=O)N(CCCc1ccccc1)CCN(C)C. The average molecular weight is 298 g/mol. The van der Waals surface area contributed by atoms with Crippen molar-refractivity contribution >= 4 is 10.0 Å². The van der Waals surface area contributed by atoms with Gasteiger partial charge in [0.1, 0.15) is 0 Å². The fourth-order valence-electron chi connectivity index (χ4n) is 1.99. The second-order valence-corrected chi connectivity index (χ2v) is 7.45. The Morgan fingerprint density at radius 1 is 1.00 bits per heavy atom. The molecule has 0 aliphatic carbocycles. The molecule has 0 amide bonds. The van der Waals surface area contributed by atoms with E-state index < -0.39 is 10.0 Å². The Kier molecular flexibility index (Phi) is 7.19. The molecule has 4 nitrogen and oxygen atoms in total. The second-order valence-electron chi connectivity index (χ2n) is 5.19. The monoisotopic (exact) mass is 298 g/mol. The Hall–Kier alpha value is -0.910. The number of likely N-dealkylation sites (N-methyl/N-ethyl adjacent to an activating group) is 1. The minimum atomic E-state index is -3.10. The number of benzene rings is 1. The molecule has 0 spiro atoms. The number of aryl methyl sites for hydroxylation is 1. The minimum Gasteiger partial charge on any atom is -0.308 e. The van der Waals surface area contributed by atoms with Crippen LogP contribution in [0.4, 0.5) is 0 Å². The van der Waals surface area contributed by atoms with Crippen molar-refractivity contribution in [2.24, 2.45) is 0 Å². The number of sulfonamides is 1. The molecule has 0 radical (unpaired) electrons. The highest BCUT2D eigenvalue weighted by atomic mass is 32.2. The molecule has 1 rings (SSSR count). The lowest BCUT2D eigenvalue weighted by molar-refractivity contribution is 0.331. The first kappa shape index (κ1) is 17.1. The lowest BCUT2D eigenvalue weighted by Gasteiger charge is -2.23. The summed E-state index contributed by atoms with van der Waals surface area (Å²) in [5.74, 6) is 0.172. The molecule has 0 fully saturated rings. The van der Waals surface area contributed by atoms with Gasteiger partial charge in [-0.3, -0.25) is 0 Å². The zero-order chi connectivity index (χ0) is 15.0. The van der Waals surface area contributed by atoms with E-state index in [2.05, 4.69) is 12.1 Å². The van der Waals surface area contributed by atoms with Gasteiger partial charge in [-0.1, -0.05) is 30.3 Å². The topological polar surface area (TPSA) is 40.6 Å². The Morgan fingerprint density at radius 2 is 1.65 bits per heavy atom. The number of rotatable bonds is 9. The van der Waals surface area contributed by atoms with E-state index in [1.807, 2.05) is 37.2 Å². The lowest BCUT2D eigenvalue weighted by atomic mass is 10.1. The molecule has 5 heteroatoms. The molecule has 20 heavy (non-hydrogen) atoms. The van der Waals surface area contributed by atoms with Gasteiger partial charge in [0.05, 0.1) is 5.75 Å². The van der Waals surface area contributed by atoms with E-state index in [0.29, 0.717) is 13.1 Å². The van der Waals surface area contributed by atoms with Gasteiger partial charge in [0.2, 0.25) is 10.0 Å². The third-order valence-electron chi connectivity index (χ3n) is 3.27. The van der Waals surface area contributed by atoms with E-state index in [0.717, 1.165) is 19.4 Å². The van der Waals surface area contributed by atoms with Gasteiger partial charge in [-0.05, 0) is 39.4 Å². The van der Waals surface area contributed by atoms with Crippen molar-refractivity contribution in [3.05, 3.63) is 35.9 Å². The molecular formula is C15H26N2O2S. The van der Waals surface area contributed by atoms with Gasteiger partial charge < -0.3 is 4.90 Å². The Morgan fingerprint density at radius 3 is 2.20 bits per heavy atom. The first-order valence-corrected chi connectivity index (χ1v) is 8.73. The highest BCUT2D eigenvalue weighted by Gasteiger charge is 2.19. The van der Waals surface area contributed by atoms with Gasteiger partial charge in [0.25, 0.3) is 0 Å². The van der Waals surface area contributed by atoms with Crippen molar-refractivity contribution in [1.29, 1.82) is 0 Å². The zero-order valence-electron chi connectivity index (χ0n) is 12.7. The maximum absolute atomic E-state index is 12.1. The van der Waals surface area contributed by atoms with E-state index in [4.69, 9.17) is 0 Å². The Balaban J connectivity index is 2.52. The predicted octanol–water partition coefficient (Wildman–Crippen LogP) is 1.83. The van der Waals surface area contributed by atoms with Crippen molar-refractivity contribution < 1.29 is 8.42 Å². The third-order valence-corrected chi connectivity index (χ3v) is 5.15. The van der Waals surface area contributed by atoms with Crippen LogP contribution in [0.3, 0.4) is 0 Å². The average Bonchev–Trinajstić information content (AvgIpc) is 2.43. The van der Waals surface area contributed by atoms with Crippen molar-refractivity contribution in [1.82, 2.24) is 9.21 Å². The quantitative estimate of drug-likeness (QED) is 0.698. The highest BCUT2D eigenvalue weighted by molar-refractivity contribution is 7.89. The van der Waals surface area contributed by atoms with E-state index in [9.17, 15) is 8.42 Å². The van der Waals surface area contributed by atoms with Crippen LogP contribution in [0.1, 0.15) is 18.9 Å². The predicted molar refractivity (Wildman–Crippen MR) is 84.4 cm³/mol. The molecule has 0 unspecified atom stereocenters. The lowest BCUT2D eigenvalue weighted by Crippen LogP contribution is -2.38. The maximum atomic E-state index is 12.1. The summed E-state index contributed by atoms with van der Waals surface area (Å²) in [5.41, 5.74) is 1.26. The number of hydrogen-bond donors (Lipinski definition) is 0. The van der Waals surface area contributed by atoms with Crippen molar-refractivity contribution in [3.8, 4) is 0 Å². The first-order chi connectivity index (χ1) is 9.45. The molecule has 114 valence electrons. The van der Waals surface area contributed by atoms with Gasteiger partial charge >= 0.3 is 0 Å². The smallest absolute Gasteiger partial charge is 0.213 e. The number of nitrogens with zero attached hydrogens (tertiary/aromatic N) is 2. The molecule has 0 saturated carbocycles. The van der Waals surface area contributed by atoms with Crippen LogP contribution in [0, 0.1) is 0 Å². The van der Waals surface area contributed by atoms with Crippen LogP contribution in [0.15, 0.2) is 30.3 Å². The normalized spacial score (nSPS) is 12.2. The van der Waals surface area contributed by atoms with Crippen LogP contribution in [0.2, 0.25) is 0 Å². The Bertz CT molecular complexity index is 472. The van der Waals surface area contributed by atoms with Crippen molar-refractivity contribution in [3.63, 3.8) is 0 Å². The van der Waals surface area contributed by atoms with Gasteiger partial charge in [0, 0.05) is 19.6 Å². The van der Waals surface area contributed by atoms with Gasteiger partial charge in [-0.15, -0.1) is 0 Å². The molecular weight excluding hydrogens is 272 g/mol. The number of hydrogen-bond acceptors (Lipinski definition) is 3. The maximum Gasteiger partial charge on any atom is 0.213 e. The van der Waals surface area contributed by atoms with Gasteiger partial charge in [0.15, 0.2) is 0 Å². The van der Waals surface area contributed by atoms with Crippen LogP contribution in [0.5, 0.6) is 0 Å². The van der Waals surface area contributed by atoms with Crippen molar-refractivity contribution in [2.45, 2.75) is 19.8 Å². The van der Waals surface area contributed by atoms with E-state index >= 15 is 0 Å². The zero-order valence-corrected chi connectivity index (χ0v) is 13.6. The summed E-state index contributed by atoms with van der Waals surface area (Å²) in [6.45, 7) is 3.62. The molecule has 0 N–H and O–H groups in total. The minimum absolute atomic E-state index is 0.172. The molecule has 0 atom stereocenters. The highest BCUT2D eigenvalue weighted by Crippen LogP contribution is 2.07. The first-order valence-electron chi connectivity index (χ1n) is 7.12. The summed E-state index contributed by atoms with van der Waals surface area (Å²) >= 11 is 0. The molecule has 0 heterocycles. The van der Waals surface area contributed by atoms with Crippen LogP contribution >= 0.6 is 0 Å². The molecule has 1 aromatic carbocycles. The summed E-state index contributed by atoms with van der Waals surface area (Å²) in [4.78, 5) is 2.01. The Labute approximate surface area is 123 Å². The van der Waals surface area contributed by atoms with E-state index in [1.165, 1.54) is 5.56 Å². The molecule has 0 aliphatic heterocycles. The summed E-state index contributed by atoms with van der Waals surface area (Å²) in [6, 6.07) is 10.2. The van der Waals surface area contributed by atoms with Gasteiger partial charge in [-0.25, -0.2) is 12.7 Å². The summed E-state index contributed by atoms with van der Waals surface area (Å²) in [5, 5.41) is 0. The summed E-state index contributed by atoms with van der Waals surface area (Å²) < 4.78 is 25.7. The van der Waals surface area contributed by atoms with E-state index in [1.54, 1.807) is 11.2 Å². The fraction of sp³-hybridized carbons (Fsp3) is 0.600. The van der Waals surface area contributed by atoms with Crippen LogP contribution in [-0.2, 0) is 16.4 Å². The summed E-state index contributed by atoms with van der Waals surface area (Å²) in [7, 11) is 0.814. The van der Waals surface area contributed by atoms with Crippen molar-refractivity contribution in [2.75, 3.05) is 39.5 Å². The third kappa shape index (κ3) is 6.03. The second kappa shape index (κ2) is 8.39. The van der Waals surface area contributed by atoms with Gasteiger partial charge in [-0.2, -0.15) is 0 Å². The van der Waals surface area contributed by atoms with Crippen LogP contribution in [0.25, 0.3) is 0 Å². The van der Waals surface area contributed by atoms with E-state index in [-0.39, 0.29) is 5.75 Å². The largest absolute Gasteiger partial charge is 0.308 e. The summed E-state index contributed by atoms with van der Waals surface area (Å²) in [6.07, 6.45) is 1.77.